The fourth-order valence-electron chi connectivity index (χ4n) is 2.81. The molecule has 1 aliphatic carbocycles. The van der Waals surface area contributed by atoms with E-state index in [0.29, 0.717) is 24.3 Å². The second-order valence-corrected chi connectivity index (χ2v) is 6.21. The van der Waals surface area contributed by atoms with Crippen LogP contribution in [0.2, 0.25) is 0 Å². The summed E-state index contributed by atoms with van der Waals surface area (Å²) in [4.78, 5) is 11.1. The number of rotatable bonds is 7. The number of hydrogen-bond acceptors (Lipinski definition) is 6. The lowest BCUT2D eigenvalue weighted by Gasteiger charge is -2.20. The predicted molar refractivity (Wildman–Crippen MR) is 92.8 cm³/mol. The molecule has 3 aromatic rings. The van der Waals surface area contributed by atoms with Gasteiger partial charge in [0.05, 0.1) is 13.7 Å². The van der Waals surface area contributed by atoms with Gasteiger partial charge in [-0.3, -0.25) is 9.88 Å². The second-order valence-electron chi connectivity index (χ2n) is 6.21. The van der Waals surface area contributed by atoms with Crippen molar-refractivity contribution >= 4 is 0 Å². The van der Waals surface area contributed by atoms with Gasteiger partial charge in [0.2, 0.25) is 11.7 Å². The van der Waals surface area contributed by atoms with Gasteiger partial charge in [-0.05, 0) is 42.7 Å². The van der Waals surface area contributed by atoms with Gasteiger partial charge >= 0.3 is 0 Å². The summed E-state index contributed by atoms with van der Waals surface area (Å²) in [5, 5.41) is 4.06. The zero-order valence-electron chi connectivity index (χ0n) is 14.1. The van der Waals surface area contributed by atoms with Gasteiger partial charge in [0.1, 0.15) is 11.4 Å². The standard InChI is InChI=1S/C19H20N4O2/c1-24-16-9-5-14(6-10-16)12-23(15-7-8-15)13-18-21-19(22-25-18)17-4-2-3-11-20-17/h2-6,9-11,15H,7-8,12-13H2,1H3. The minimum atomic E-state index is 0.538. The first-order chi connectivity index (χ1) is 12.3. The molecule has 0 spiro atoms. The van der Waals surface area contributed by atoms with E-state index in [1.54, 1.807) is 13.3 Å². The molecule has 0 atom stereocenters. The number of aromatic nitrogens is 3. The molecule has 0 amide bonds. The molecule has 25 heavy (non-hydrogen) atoms. The van der Waals surface area contributed by atoms with E-state index in [1.165, 1.54) is 18.4 Å². The normalized spacial score (nSPS) is 14.0. The molecular weight excluding hydrogens is 316 g/mol. The fraction of sp³-hybridized carbons (Fsp3) is 0.316. The first-order valence-corrected chi connectivity index (χ1v) is 8.43. The Morgan fingerprint density at radius 2 is 1.96 bits per heavy atom. The van der Waals surface area contributed by atoms with E-state index in [4.69, 9.17) is 9.26 Å². The summed E-state index contributed by atoms with van der Waals surface area (Å²) in [6.45, 7) is 1.51. The molecule has 0 N–H and O–H groups in total. The van der Waals surface area contributed by atoms with E-state index in [2.05, 4.69) is 32.2 Å². The van der Waals surface area contributed by atoms with Crippen LogP contribution in [0.5, 0.6) is 5.75 Å². The quantitative estimate of drug-likeness (QED) is 0.659. The van der Waals surface area contributed by atoms with Crippen LogP contribution < -0.4 is 4.74 Å². The maximum Gasteiger partial charge on any atom is 0.241 e. The molecule has 2 aromatic heterocycles. The van der Waals surface area contributed by atoms with Crippen molar-refractivity contribution in [2.75, 3.05) is 7.11 Å². The van der Waals surface area contributed by atoms with Crippen LogP contribution in [-0.4, -0.2) is 33.2 Å². The van der Waals surface area contributed by atoms with Crippen LogP contribution in [-0.2, 0) is 13.1 Å². The van der Waals surface area contributed by atoms with Gasteiger partial charge in [-0.2, -0.15) is 4.98 Å². The van der Waals surface area contributed by atoms with Crippen molar-refractivity contribution in [3.8, 4) is 17.3 Å². The van der Waals surface area contributed by atoms with E-state index < -0.39 is 0 Å². The number of benzene rings is 1. The molecule has 1 aromatic carbocycles. The topological polar surface area (TPSA) is 64.3 Å². The molecule has 1 aliphatic rings. The van der Waals surface area contributed by atoms with Crippen LogP contribution in [0.25, 0.3) is 11.5 Å². The first-order valence-electron chi connectivity index (χ1n) is 8.43. The Morgan fingerprint density at radius 3 is 2.64 bits per heavy atom. The average Bonchev–Trinajstić information content (AvgIpc) is 3.41. The molecular formula is C19H20N4O2. The molecule has 6 nitrogen and oxygen atoms in total. The van der Waals surface area contributed by atoms with Crippen LogP contribution in [0, 0.1) is 0 Å². The predicted octanol–water partition coefficient (Wildman–Crippen LogP) is 3.30. The van der Waals surface area contributed by atoms with E-state index in [-0.39, 0.29) is 0 Å². The Kier molecular flexibility index (Phi) is 4.43. The lowest BCUT2D eigenvalue weighted by molar-refractivity contribution is 0.209. The third kappa shape index (κ3) is 3.85. The van der Waals surface area contributed by atoms with Gasteiger partial charge in [0.15, 0.2) is 0 Å². The summed E-state index contributed by atoms with van der Waals surface area (Å²) >= 11 is 0. The zero-order valence-corrected chi connectivity index (χ0v) is 14.1. The summed E-state index contributed by atoms with van der Waals surface area (Å²) in [5.74, 6) is 2.04. The van der Waals surface area contributed by atoms with Crippen LogP contribution in [0.4, 0.5) is 0 Å². The van der Waals surface area contributed by atoms with Crippen molar-refractivity contribution < 1.29 is 9.26 Å². The van der Waals surface area contributed by atoms with Crippen LogP contribution in [0.15, 0.2) is 53.2 Å². The largest absolute Gasteiger partial charge is 0.497 e. The number of ether oxygens (including phenoxy) is 1. The molecule has 1 saturated carbocycles. The molecule has 1 fully saturated rings. The van der Waals surface area contributed by atoms with Gasteiger partial charge < -0.3 is 9.26 Å². The fourth-order valence-corrected chi connectivity index (χ4v) is 2.81. The number of hydrogen-bond donors (Lipinski definition) is 0. The molecule has 0 radical (unpaired) electrons. The monoisotopic (exact) mass is 336 g/mol. The molecule has 0 bridgehead atoms. The zero-order chi connectivity index (χ0) is 17.1. The smallest absolute Gasteiger partial charge is 0.241 e. The highest BCUT2D eigenvalue weighted by Crippen LogP contribution is 2.30. The van der Waals surface area contributed by atoms with Crippen LogP contribution >= 0.6 is 0 Å². The average molecular weight is 336 g/mol. The van der Waals surface area contributed by atoms with Gasteiger partial charge in [0, 0.05) is 18.8 Å². The minimum Gasteiger partial charge on any atom is -0.497 e. The second kappa shape index (κ2) is 7.03. The Bertz CT molecular complexity index is 813. The molecule has 128 valence electrons. The van der Waals surface area contributed by atoms with Crippen molar-refractivity contribution in [3.63, 3.8) is 0 Å². The van der Waals surface area contributed by atoms with Crippen molar-refractivity contribution in [1.82, 2.24) is 20.0 Å². The SMILES string of the molecule is COc1ccc(CN(Cc2nc(-c3ccccn3)no2)C2CC2)cc1. The van der Waals surface area contributed by atoms with E-state index in [1.807, 2.05) is 30.3 Å². The number of pyridine rings is 1. The van der Waals surface area contributed by atoms with Crippen molar-refractivity contribution in [2.45, 2.75) is 32.0 Å². The summed E-state index contributed by atoms with van der Waals surface area (Å²) in [5.41, 5.74) is 1.97. The maximum atomic E-state index is 5.44. The van der Waals surface area contributed by atoms with E-state index >= 15 is 0 Å². The molecule has 0 aliphatic heterocycles. The first kappa shape index (κ1) is 15.8. The summed E-state index contributed by atoms with van der Waals surface area (Å²) in [6, 6.07) is 14.4. The minimum absolute atomic E-state index is 0.538. The maximum absolute atomic E-state index is 5.44. The van der Waals surface area contributed by atoms with Gasteiger partial charge in [-0.15, -0.1) is 0 Å². The molecule has 4 rings (SSSR count). The highest BCUT2D eigenvalue weighted by atomic mass is 16.5. The van der Waals surface area contributed by atoms with Gasteiger partial charge in [-0.1, -0.05) is 23.4 Å². The van der Waals surface area contributed by atoms with E-state index in [0.717, 1.165) is 18.0 Å². The Balaban J connectivity index is 1.46. The van der Waals surface area contributed by atoms with Crippen molar-refractivity contribution in [2.24, 2.45) is 0 Å². The Hall–Kier alpha value is -2.73. The van der Waals surface area contributed by atoms with Gasteiger partial charge in [0.25, 0.3) is 0 Å². The molecule has 0 saturated heterocycles. The van der Waals surface area contributed by atoms with Crippen molar-refractivity contribution in [1.29, 1.82) is 0 Å². The van der Waals surface area contributed by atoms with Crippen LogP contribution in [0.3, 0.4) is 0 Å². The summed E-state index contributed by atoms with van der Waals surface area (Å²) < 4.78 is 10.7. The van der Waals surface area contributed by atoms with Crippen molar-refractivity contribution in [3.05, 3.63) is 60.1 Å². The highest BCUT2D eigenvalue weighted by Gasteiger charge is 2.30. The number of methoxy groups -OCH3 is 1. The third-order valence-electron chi connectivity index (χ3n) is 4.31. The lowest BCUT2D eigenvalue weighted by Crippen LogP contribution is -2.25. The van der Waals surface area contributed by atoms with Gasteiger partial charge in [-0.25, -0.2) is 0 Å². The highest BCUT2D eigenvalue weighted by molar-refractivity contribution is 5.47. The lowest BCUT2D eigenvalue weighted by atomic mass is 10.2. The van der Waals surface area contributed by atoms with E-state index in [9.17, 15) is 0 Å². The summed E-state index contributed by atoms with van der Waals surface area (Å²) in [7, 11) is 1.68. The Labute approximate surface area is 146 Å². The molecule has 2 heterocycles. The summed E-state index contributed by atoms with van der Waals surface area (Å²) in [6.07, 6.45) is 4.17. The number of nitrogens with zero attached hydrogens (tertiary/aromatic N) is 4. The van der Waals surface area contributed by atoms with Crippen LogP contribution in [0.1, 0.15) is 24.3 Å². The third-order valence-corrected chi connectivity index (χ3v) is 4.31. The Morgan fingerprint density at radius 1 is 1.12 bits per heavy atom. The molecule has 6 heteroatoms. The molecule has 0 unspecified atom stereocenters.